The van der Waals surface area contributed by atoms with Crippen LogP contribution in [0.5, 0.6) is 5.75 Å². The maximum atomic E-state index is 6.33. The lowest BCUT2D eigenvalue weighted by Crippen LogP contribution is -2.24. The Morgan fingerprint density at radius 1 is 1.33 bits per heavy atom. The summed E-state index contributed by atoms with van der Waals surface area (Å²) in [5.41, 5.74) is 9.74. The minimum absolute atomic E-state index is 0.0124. The summed E-state index contributed by atoms with van der Waals surface area (Å²) in [4.78, 5) is 4.77. The third-order valence-electron chi connectivity index (χ3n) is 3.80. The van der Waals surface area contributed by atoms with Crippen LogP contribution in [-0.2, 0) is 5.41 Å². The van der Waals surface area contributed by atoms with Gasteiger partial charge in [-0.2, -0.15) is 0 Å². The van der Waals surface area contributed by atoms with Crippen LogP contribution in [0, 0.1) is 6.92 Å². The Morgan fingerprint density at radius 3 is 2.76 bits per heavy atom. The third-order valence-corrected chi connectivity index (χ3v) is 5.08. The Balaban J connectivity index is 1.89. The molecule has 0 aliphatic carbocycles. The van der Waals surface area contributed by atoms with Crippen LogP contribution in [0.4, 0.5) is 0 Å². The molecule has 2 aromatic rings. The Hall–Kier alpha value is -1.39. The number of hydrogen-bond donors (Lipinski definition) is 1. The summed E-state index contributed by atoms with van der Waals surface area (Å²) in [5.74, 6) is 0.898. The number of rotatable bonds is 1. The molecule has 112 valence electrons. The molecule has 21 heavy (non-hydrogen) atoms. The molecule has 1 aromatic heterocycles. The number of fused-ring (bicyclic) bond motifs is 1. The van der Waals surface area contributed by atoms with Gasteiger partial charge in [0.15, 0.2) is 0 Å². The first-order valence-corrected chi connectivity index (χ1v) is 8.21. The van der Waals surface area contributed by atoms with Crippen molar-refractivity contribution in [2.45, 2.75) is 51.7 Å². The highest BCUT2D eigenvalue weighted by atomic mass is 32.1. The molecule has 1 aliphatic heterocycles. The SMILES string of the molecule is Cc1ccc2c(c1)[C@H](N)CC(c1csc(C(C)(C)C)n1)O2. The van der Waals surface area contributed by atoms with Crippen LogP contribution in [-0.4, -0.2) is 4.98 Å². The minimum Gasteiger partial charge on any atom is -0.484 e. The monoisotopic (exact) mass is 302 g/mol. The van der Waals surface area contributed by atoms with Gasteiger partial charge in [0.05, 0.1) is 10.7 Å². The van der Waals surface area contributed by atoms with Crippen LogP contribution in [0.25, 0.3) is 0 Å². The molecule has 0 saturated carbocycles. The van der Waals surface area contributed by atoms with Crippen molar-refractivity contribution in [2.24, 2.45) is 5.73 Å². The van der Waals surface area contributed by atoms with E-state index in [1.54, 1.807) is 11.3 Å². The van der Waals surface area contributed by atoms with E-state index in [-0.39, 0.29) is 17.6 Å². The second kappa shape index (κ2) is 5.11. The summed E-state index contributed by atoms with van der Waals surface area (Å²) < 4.78 is 6.13. The molecule has 0 saturated heterocycles. The fraction of sp³-hybridized carbons (Fsp3) is 0.471. The summed E-state index contributed by atoms with van der Waals surface area (Å²) in [6.45, 7) is 8.62. The van der Waals surface area contributed by atoms with Gasteiger partial charge in [-0.15, -0.1) is 11.3 Å². The zero-order valence-electron chi connectivity index (χ0n) is 13.0. The van der Waals surface area contributed by atoms with Crippen LogP contribution in [0.3, 0.4) is 0 Å². The predicted molar refractivity (Wildman–Crippen MR) is 86.9 cm³/mol. The average Bonchev–Trinajstić information content (AvgIpc) is 2.89. The first kappa shape index (κ1) is 14.5. The van der Waals surface area contributed by atoms with E-state index in [1.165, 1.54) is 5.56 Å². The van der Waals surface area contributed by atoms with Gasteiger partial charge in [-0.05, 0) is 13.0 Å². The van der Waals surface area contributed by atoms with Crippen LogP contribution in [0.15, 0.2) is 23.6 Å². The van der Waals surface area contributed by atoms with Gasteiger partial charge in [0.2, 0.25) is 0 Å². The topological polar surface area (TPSA) is 48.1 Å². The summed E-state index contributed by atoms with van der Waals surface area (Å²) >= 11 is 1.70. The molecule has 0 fully saturated rings. The average molecular weight is 302 g/mol. The fourth-order valence-corrected chi connectivity index (χ4v) is 3.53. The second-order valence-corrected chi connectivity index (χ2v) is 7.68. The van der Waals surface area contributed by atoms with Crippen LogP contribution in [0.2, 0.25) is 0 Å². The van der Waals surface area contributed by atoms with Crippen molar-refractivity contribution >= 4 is 11.3 Å². The van der Waals surface area contributed by atoms with Crippen molar-refractivity contribution in [1.82, 2.24) is 4.98 Å². The molecule has 1 unspecified atom stereocenters. The lowest BCUT2D eigenvalue weighted by Gasteiger charge is -2.29. The Kier molecular flexibility index (Phi) is 3.54. The van der Waals surface area contributed by atoms with Gasteiger partial charge in [0.1, 0.15) is 11.9 Å². The number of nitrogens with two attached hydrogens (primary N) is 1. The van der Waals surface area contributed by atoms with Crippen molar-refractivity contribution in [1.29, 1.82) is 0 Å². The van der Waals surface area contributed by atoms with Crippen LogP contribution >= 0.6 is 11.3 Å². The molecule has 2 atom stereocenters. The maximum Gasteiger partial charge on any atom is 0.143 e. The fourth-order valence-electron chi connectivity index (χ4n) is 2.58. The lowest BCUT2D eigenvalue weighted by atomic mass is 9.94. The molecular formula is C17H22N2OS. The van der Waals surface area contributed by atoms with Gasteiger partial charge >= 0.3 is 0 Å². The first-order chi connectivity index (χ1) is 9.84. The molecule has 4 heteroatoms. The van der Waals surface area contributed by atoms with E-state index < -0.39 is 0 Å². The van der Waals surface area contributed by atoms with Crippen molar-refractivity contribution in [3.05, 3.63) is 45.4 Å². The van der Waals surface area contributed by atoms with Gasteiger partial charge in [-0.3, -0.25) is 0 Å². The van der Waals surface area contributed by atoms with E-state index in [4.69, 9.17) is 15.5 Å². The zero-order chi connectivity index (χ0) is 15.2. The van der Waals surface area contributed by atoms with Gasteiger partial charge in [0.25, 0.3) is 0 Å². The van der Waals surface area contributed by atoms with E-state index in [9.17, 15) is 0 Å². The third kappa shape index (κ3) is 2.83. The van der Waals surface area contributed by atoms with Crippen molar-refractivity contribution in [3.63, 3.8) is 0 Å². The minimum atomic E-state index is -0.0393. The van der Waals surface area contributed by atoms with Gasteiger partial charge in [0, 0.05) is 28.8 Å². The Morgan fingerprint density at radius 2 is 2.10 bits per heavy atom. The molecule has 1 aliphatic rings. The number of aryl methyl sites for hydroxylation is 1. The van der Waals surface area contributed by atoms with Gasteiger partial charge in [-0.25, -0.2) is 4.98 Å². The standard InChI is InChI=1S/C17H22N2OS/c1-10-5-6-14-11(7-10)12(18)8-15(20-14)13-9-21-16(19-13)17(2,3)4/h5-7,9,12,15H,8,18H2,1-4H3/t12-,15?/m1/s1. The smallest absolute Gasteiger partial charge is 0.143 e. The summed E-state index contributed by atoms with van der Waals surface area (Å²) in [6, 6.07) is 6.22. The molecule has 3 rings (SSSR count). The second-order valence-electron chi connectivity index (χ2n) is 6.82. The van der Waals surface area contributed by atoms with E-state index in [0.717, 1.165) is 28.4 Å². The Labute approximate surface area is 130 Å². The van der Waals surface area contributed by atoms with Crippen LogP contribution in [0.1, 0.15) is 61.2 Å². The number of hydrogen-bond acceptors (Lipinski definition) is 4. The van der Waals surface area contributed by atoms with E-state index in [0.29, 0.717) is 0 Å². The first-order valence-electron chi connectivity index (χ1n) is 7.33. The molecule has 3 nitrogen and oxygen atoms in total. The molecule has 2 N–H and O–H groups in total. The molecular weight excluding hydrogens is 280 g/mol. The quantitative estimate of drug-likeness (QED) is 0.855. The van der Waals surface area contributed by atoms with Crippen molar-refractivity contribution < 1.29 is 4.74 Å². The van der Waals surface area contributed by atoms with Crippen LogP contribution < -0.4 is 10.5 Å². The summed E-state index contributed by atoms with van der Waals surface area (Å²) in [7, 11) is 0. The number of benzene rings is 1. The number of nitrogens with zero attached hydrogens (tertiary/aromatic N) is 1. The summed E-state index contributed by atoms with van der Waals surface area (Å²) in [5, 5.41) is 3.25. The van der Waals surface area contributed by atoms with E-state index >= 15 is 0 Å². The normalized spacial score (nSPS) is 21.8. The zero-order valence-corrected chi connectivity index (χ0v) is 13.8. The molecule has 0 amide bonds. The predicted octanol–water partition coefficient (Wildman–Crippen LogP) is 4.27. The molecule has 0 spiro atoms. The highest BCUT2D eigenvalue weighted by Gasteiger charge is 2.29. The van der Waals surface area contributed by atoms with E-state index in [2.05, 4.69) is 45.2 Å². The maximum absolute atomic E-state index is 6.33. The number of aromatic nitrogens is 1. The Bertz CT molecular complexity index is 657. The molecule has 0 radical (unpaired) electrons. The van der Waals surface area contributed by atoms with Crippen molar-refractivity contribution in [3.8, 4) is 5.75 Å². The van der Waals surface area contributed by atoms with Gasteiger partial charge < -0.3 is 10.5 Å². The number of ether oxygens (including phenoxy) is 1. The summed E-state index contributed by atoms with van der Waals surface area (Å²) in [6.07, 6.45) is 0.742. The number of thiazole rings is 1. The largest absolute Gasteiger partial charge is 0.484 e. The van der Waals surface area contributed by atoms with E-state index in [1.807, 2.05) is 6.07 Å². The van der Waals surface area contributed by atoms with Gasteiger partial charge in [-0.1, -0.05) is 38.5 Å². The lowest BCUT2D eigenvalue weighted by molar-refractivity contribution is 0.157. The molecule has 0 bridgehead atoms. The highest BCUT2D eigenvalue weighted by Crippen LogP contribution is 2.40. The highest BCUT2D eigenvalue weighted by molar-refractivity contribution is 7.09. The molecule has 1 aromatic carbocycles. The molecule has 2 heterocycles. The van der Waals surface area contributed by atoms with Crippen molar-refractivity contribution in [2.75, 3.05) is 0 Å².